The Bertz CT molecular complexity index is 931. The van der Waals surface area contributed by atoms with Crippen molar-refractivity contribution in [3.8, 4) is 0 Å². The summed E-state index contributed by atoms with van der Waals surface area (Å²) < 4.78 is 38.7. The van der Waals surface area contributed by atoms with Crippen LogP contribution in [0.2, 0.25) is 0 Å². The summed E-state index contributed by atoms with van der Waals surface area (Å²) in [5.74, 6) is -4.23. The summed E-state index contributed by atoms with van der Waals surface area (Å²) in [6.07, 6.45) is 1.13. The van der Waals surface area contributed by atoms with Crippen LogP contribution >= 0.6 is 0 Å². The minimum Gasteiger partial charge on any atom is -0.478 e. The van der Waals surface area contributed by atoms with Gasteiger partial charge in [-0.2, -0.15) is 0 Å². The quantitative estimate of drug-likeness (QED) is 0.717. The molecule has 0 radical (unpaired) electrons. The third kappa shape index (κ3) is 3.97. The molecule has 8 heteroatoms. The van der Waals surface area contributed by atoms with Crippen molar-refractivity contribution < 1.29 is 32.6 Å². The molecule has 0 heterocycles. The van der Waals surface area contributed by atoms with E-state index in [1.165, 1.54) is 18.2 Å². The number of carboxylic acid groups (broad SMARTS) is 2. The van der Waals surface area contributed by atoms with Crippen LogP contribution in [0, 0.1) is 5.82 Å². The van der Waals surface area contributed by atoms with Crippen molar-refractivity contribution >= 4 is 21.8 Å². The van der Waals surface area contributed by atoms with Crippen molar-refractivity contribution in [2.24, 2.45) is 0 Å². The number of hydrogen-bond donors (Lipinski definition) is 2. The molecular formula is C18H15FO6S. The molecule has 2 N–H and O–H groups in total. The molecule has 136 valence electrons. The normalized spacial score (nSPS) is 12.3. The van der Waals surface area contributed by atoms with Gasteiger partial charge in [-0.1, -0.05) is 24.3 Å². The molecule has 2 aromatic rings. The van der Waals surface area contributed by atoms with Crippen LogP contribution in [-0.2, 0) is 15.6 Å². The van der Waals surface area contributed by atoms with E-state index in [2.05, 4.69) is 6.58 Å². The summed E-state index contributed by atoms with van der Waals surface area (Å²) in [7, 11) is -4.07. The standard InChI is InChI=1S/C18H15FO6S/c1-2-16(11-6-8-12(19)9-7-11)26(24,25)10-15-13(17(20)21)4-3-5-14(15)18(22)23/h2-9,16H,1,10H2,(H,20,21)(H,22,23). The molecule has 2 rings (SSSR count). The van der Waals surface area contributed by atoms with Gasteiger partial charge >= 0.3 is 11.9 Å². The highest BCUT2D eigenvalue weighted by Crippen LogP contribution is 2.29. The Balaban J connectivity index is 2.55. The van der Waals surface area contributed by atoms with E-state index >= 15 is 0 Å². The second-order valence-electron chi connectivity index (χ2n) is 5.46. The SMILES string of the molecule is C=CC(c1ccc(F)cc1)S(=O)(=O)Cc1c(C(=O)O)cccc1C(=O)O. The van der Waals surface area contributed by atoms with E-state index < -0.39 is 49.7 Å². The molecule has 0 fully saturated rings. The van der Waals surface area contributed by atoms with Gasteiger partial charge in [0, 0.05) is 0 Å². The lowest BCUT2D eigenvalue weighted by atomic mass is 10.0. The lowest BCUT2D eigenvalue weighted by molar-refractivity contribution is 0.0696. The zero-order valence-electron chi connectivity index (χ0n) is 13.4. The Kier molecular flexibility index (Phi) is 5.56. The lowest BCUT2D eigenvalue weighted by Crippen LogP contribution is -2.18. The minimum absolute atomic E-state index is 0.242. The predicted octanol–water partition coefficient (Wildman–Crippen LogP) is 3.06. The first kappa shape index (κ1) is 19.3. The van der Waals surface area contributed by atoms with Gasteiger partial charge in [-0.3, -0.25) is 0 Å². The topological polar surface area (TPSA) is 109 Å². The molecule has 26 heavy (non-hydrogen) atoms. The van der Waals surface area contributed by atoms with E-state index in [4.69, 9.17) is 0 Å². The van der Waals surface area contributed by atoms with Crippen LogP contribution in [0.25, 0.3) is 0 Å². The number of hydrogen-bond acceptors (Lipinski definition) is 4. The van der Waals surface area contributed by atoms with Gasteiger partial charge in [0.1, 0.15) is 11.1 Å². The average Bonchev–Trinajstić information content (AvgIpc) is 2.56. The number of halogens is 1. The fourth-order valence-electron chi connectivity index (χ4n) is 2.58. The summed E-state index contributed by atoms with van der Waals surface area (Å²) in [6, 6.07) is 8.25. The van der Waals surface area contributed by atoms with Crippen LogP contribution in [0.1, 0.15) is 37.1 Å². The second-order valence-corrected chi connectivity index (χ2v) is 7.58. The van der Waals surface area contributed by atoms with Gasteiger partial charge in [-0.25, -0.2) is 22.4 Å². The number of aromatic carboxylic acids is 2. The Morgan fingerprint density at radius 3 is 1.96 bits per heavy atom. The molecule has 0 spiro atoms. The van der Waals surface area contributed by atoms with Crippen molar-refractivity contribution in [3.63, 3.8) is 0 Å². The van der Waals surface area contributed by atoms with E-state index in [1.54, 1.807) is 0 Å². The maximum atomic E-state index is 13.1. The Morgan fingerprint density at radius 1 is 1.04 bits per heavy atom. The van der Waals surface area contributed by atoms with Crippen LogP contribution in [0.3, 0.4) is 0 Å². The average molecular weight is 378 g/mol. The summed E-state index contributed by atoms with van der Waals surface area (Å²) in [4.78, 5) is 22.8. The van der Waals surface area contributed by atoms with E-state index in [1.807, 2.05) is 0 Å². The van der Waals surface area contributed by atoms with Crippen molar-refractivity contribution in [2.45, 2.75) is 11.0 Å². The smallest absolute Gasteiger partial charge is 0.336 e. The molecule has 0 aromatic heterocycles. The molecule has 0 amide bonds. The van der Waals surface area contributed by atoms with Crippen molar-refractivity contribution in [3.05, 3.63) is 83.2 Å². The zero-order chi connectivity index (χ0) is 19.5. The molecule has 1 atom stereocenters. The zero-order valence-corrected chi connectivity index (χ0v) is 14.2. The van der Waals surface area contributed by atoms with Crippen molar-refractivity contribution in [2.75, 3.05) is 0 Å². The maximum Gasteiger partial charge on any atom is 0.336 e. The van der Waals surface area contributed by atoms with Gasteiger partial charge < -0.3 is 10.2 Å². The molecule has 1 unspecified atom stereocenters. The summed E-state index contributed by atoms with van der Waals surface area (Å²) in [5, 5.41) is 17.3. The molecule has 0 aliphatic heterocycles. The van der Waals surface area contributed by atoms with Crippen molar-refractivity contribution in [1.29, 1.82) is 0 Å². The lowest BCUT2D eigenvalue weighted by Gasteiger charge is -2.16. The molecule has 0 aliphatic carbocycles. The number of benzene rings is 2. The first-order valence-corrected chi connectivity index (χ1v) is 9.07. The van der Waals surface area contributed by atoms with Crippen LogP contribution in [-0.4, -0.2) is 30.6 Å². The molecule has 2 aromatic carbocycles. The maximum absolute atomic E-state index is 13.1. The Morgan fingerprint density at radius 2 is 1.54 bits per heavy atom. The number of carbonyl (C=O) groups is 2. The third-order valence-corrected chi connectivity index (χ3v) is 5.71. The first-order valence-electron chi connectivity index (χ1n) is 7.35. The second kappa shape index (κ2) is 7.49. The summed E-state index contributed by atoms with van der Waals surface area (Å²) >= 11 is 0. The van der Waals surface area contributed by atoms with Crippen LogP contribution in [0.15, 0.2) is 55.1 Å². The molecule has 0 saturated heterocycles. The Hall–Kier alpha value is -3.00. The fraction of sp³-hybridized carbons (Fsp3) is 0.111. The van der Waals surface area contributed by atoms with Crippen LogP contribution < -0.4 is 0 Å². The molecule has 0 saturated carbocycles. The van der Waals surface area contributed by atoms with Gasteiger partial charge in [-0.05, 0) is 35.4 Å². The number of carboxylic acids is 2. The van der Waals surface area contributed by atoms with E-state index in [9.17, 15) is 32.6 Å². The highest BCUT2D eigenvalue weighted by atomic mass is 32.2. The molecule has 0 bridgehead atoms. The van der Waals surface area contributed by atoms with Gasteiger partial charge in [0.15, 0.2) is 9.84 Å². The van der Waals surface area contributed by atoms with Gasteiger partial charge in [0.2, 0.25) is 0 Å². The third-order valence-electron chi connectivity index (χ3n) is 3.78. The highest BCUT2D eigenvalue weighted by molar-refractivity contribution is 7.91. The van der Waals surface area contributed by atoms with Crippen LogP contribution in [0.4, 0.5) is 4.39 Å². The van der Waals surface area contributed by atoms with Gasteiger partial charge in [0.05, 0.1) is 16.9 Å². The monoisotopic (exact) mass is 378 g/mol. The highest BCUT2D eigenvalue weighted by Gasteiger charge is 2.29. The van der Waals surface area contributed by atoms with E-state index in [0.717, 1.165) is 30.3 Å². The summed E-state index contributed by atoms with van der Waals surface area (Å²) in [6.45, 7) is 3.48. The predicted molar refractivity (Wildman–Crippen MR) is 92.3 cm³/mol. The largest absolute Gasteiger partial charge is 0.478 e. The molecular weight excluding hydrogens is 363 g/mol. The van der Waals surface area contributed by atoms with Gasteiger partial charge in [0.25, 0.3) is 0 Å². The minimum atomic E-state index is -4.07. The molecule has 6 nitrogen and oxygen atoms in total. The van der Waals surface area contributed by atoms with E-state index in [-0.39, 0.29) is 11.1 Å². The summed E-state index contributed by atoms with van der Waals surface area (Å²) in [5.41, 5.74) is -0.890. The van der Waals surface area contributed by atoms with Gasteiger partial charge in [-0.15, -0.1) is 6.58 Å². The van der Waals surface area contributed by atoms with E-state index in [0.29, 0.717) is 0 Å². The number of sulfone groups is 1. The first-order chi connectivity index (χ1) is 12.2. The Labute approximate surface area is 149 Å². The van der Waals surface area contributed by atoms with Crippen LogP contribution in [0.5, 0.6) is 0 Å². The fourth-order valence-corrected chi connectivity index (χ4v) is 4.33. The number of rotatable bonds is 7. The molecule has 0 aliphatic rings. The van der Waals surface area contributed by atoms with Crippen molar-refractivity contribution in [1.82, 2.24) is 0 Å².